The van der Waals surface area contributed by atoms with Crippen LogP contribution in [0.4, 0.5) is 0 Å². The molecule has 0 unspecified atom stereocenters. The lowest BCUT2D eigenvalue weighted by atomic mass is 10.0. The third kappa shape index (κ3) is 5.31. The van der Waals surface area contributed by atoms with Crippen molar-refractivity contribution < 1.29 is 23.8 Å². The minimum Gasteiger partial charge on any atom is -0.496 e. The molecule has 2 N–H and O–H groups in total. The number of carbonyl (C=O) groups excluding carboxylic acids is 1. The smallest absolute Gasteiger partial charge is 0.340 e. The summed E-state index contributed by atoms with van der Waals surface area (Å²) in [6, 6.07) is 12.2. The van der Waals surface area contributed by atoms with Crippen molar-refractivity contribution in [1.29, 1.82) is 0 Å². The molecule has 1 heterocycles. The Kier molecular flexibility index (Phi) is 7.58. The van der Waals surface area contributed by atoms with Crippen LogP contribution >= 0.6 is 11.8 Å². The van der Waals surface area contributed by atoms with E-state index in [1.165, 1.54) is 18.9 Å². The number of benzene rings is 2. The predicted octanol–water partition coefficient (Wildman–Crippen LogP) is 3.46. The number of rotatable bonds is 9. The van der Waals surface area contributed by atoms with Crippen LogP contribution in [0.1, 0.15) is 22.3 Å². The largest absolute Gasteiger partial charge is 0.496 e. The van der Waals surface area contributed by atoms with E-state index in [0.29, 0.717) is 33.6 Å². The van der Waals surface area contributed by atoms with Gasteiger partial charge < -0.3 is 19.6 Å². The van der Waals surface area contributed by atoms with Crippen LogP contribution in [0.15, 0.2) is 51.7 Å². The highest BCUT2D eigenvalue weighted by molar-refractivity contribution is 7.98. The number of nitrogens with one attached hydrogen (secondary N) is 1. The van der Waals surface area contributed by atoms with Crippen LogP contribution in [0.5, 0.6) is 5.75 Å². The van der Waals surface area contributed by atoms with Gasteiger partial charge in [0.15, 0.2) is 0 Å². The number of ether oxygens (including phenoxy) is 1. The number of carbonyl (C=O) groups is 2. The van der Waals surface area contributed by atoms with Gasteiger partial charge >= 0.3 is 11.6 Å². The Bertz CT molecular complexity index is 1190. The van der Waals surface area contributed by atoms with Crippen molar-refractivity contribution in [2.75, 3.05) is 12.9 Å². The van der Waals surface area contributed by atoms with Crippen LogP contribution in [0, 0.1) is 13.8 Å². The first-order valence-electron chi connectivity index (χ1n) is 10.1. The minimum atomic E-state index is -1.12. The molecule has 3 aromatic rings. The minimum absolute atomic E-state index is 0.209. The molecule has 32 heavy (non-hydrogen) atoms. The number of amides is 1. The van der Waals surface area contributed by atoms with E-state index in [1.807, 2.05) is 30.3 Å². The summed E-state index contributed by atoms with van der Waals surface area (Å²) in [6.45, 7) is 3.54. The Morgan fingerprint density at radius 3 is 2.50 bits per heavy atom. The summed E-state index contributed by atoms with van der Waals surface area (Å²) < 4.78 is 10.7. The number of carboxylic acids is 1. The summed E-state index contributed by atoms with van der Waals surface area (Å²) >= 11 is 1.42. The van der Waals surface area contributed by atoms with Gasteiger partial charge in [0.25, 0.3) is 0 Å². The molecule has 0 bridgehead atoms. The van der Waals surface area contributed by atoms with Crippen molar-refractivity contribution in [1.82, 2.24) is 5.32 Å². The lowest BCUT2D eigenvalue weighted by Gasteiger charge is -2.15. The van der Waals surface area contributed by atoms with Gasteiger partial charge in [-0.05, 0) is 37.1 Å². The van der Waals surface area contributed by atoms with Gasteiger partial charge in [-0.15, -0.1) is 0 Å². The number of fused-ring (bicyclic) bond motifs is 1. The number of thioether (sulfide) groups is 1. The SMILES string of the molecule is COc1ccc2c(C)c(CC(=O)N[C@H](CSCc3ccccc3)C(=O)O)c(=O)oc2c1C. The number of carboxylic acid groups (broad SMARTS) is 1. The van der Waals surface area contributed by atoms with Gasteiger partial charge in [0, 0.05) is 22.5 Å². The van der Waals surface area contributed by atoms with E-state index in [4.69, 9.17) is 9.15 Å². The highest BCUT2D eigenvalue weighted by Gasteiger charge is 2.22. The summed E-state index contributed by atoms with van der Waals surface area (Å²) in [5.41, 5.74) is 2.40. The zero-order chi connectivity index (χ0) is 23.3. The average Bonchev–Trinajstić information content (AvgIpc) is 2.77. The highest BCUT2D eigenvalue weighted by atomic mass is 32.2. The van der Waals surface area contributed by atoms with E-state index in [9.17, 15) is 19.5 Å². The van der Waals surface area contributed by atoms with Crippen LogP contribution in [0.2, 0.25) is 0 Å². The summed E-state index contributed by atoms with van der Waals surface area (Å²) in [7, 11) is 1.54. The monoisotopic (exact) mass is 455 g/mol. The summed E-state index contributed by atoms with van der Waals surface area (Å²) in [4.78, 5) is 36.8. The maximum absolute atomic E-state index is 12.6. The van der Waals surface area contributed by atoms with Crippen molar-refractivity contribution in [3.8, 4) is 5.75 Å². The molecule has 0 radical (unpaired) electrons. The van der Waals surface area contributed by atoms with Crippen molar-refractivity contribution in [2.24, 2.45) is 0 Å². The number of aryl methyl sites for hydroxylation is 2. The second-order valence-electron chi connectivity index (χ2n) is 7.40. The van der Waals surface area contributed by atoms with E-state index in [0.717, 1.165) is 5.56 Å². The third-order valence-electron chi connectivity index (χ3n) is 5.24. The molecular weight excluding hydrogens is 430 g/mol. The summed E-state index contributed by atoms with van der Waals surface area (Å²) in [6.07, 6.45) is -0.262. The molecule has 3 rings (SSSR count). The summed E-state index contributed by atoms with van der Waals surface area (Å²) in [5.74, 6) is -0.221. The lowest BCUT2D eigenvalue weighted by molar-refractivity contribution is -0.141. The Labute approximate surface area is 189 Å². The topological polar surface area (TPSA) is 106 Å². The number of aliphatic carboxylic acids is 1. The van der Waals surface area contributed by atoms with Gasteiger partial charge in [0.2, 0.25) is 5.91 Å². The first kappa shape index (κ1) is 23.4. The maximum Gasteiger partial charge on any atom is 0.340 e. The van der Waals surface area contributed by atoms with Crippen molar-refractivity contribution in [3.05, 3.63) is 75.1 Å². The molecule has 168 valence electrons. The predicted molar refractivity (Wildman–Crippen MR) is 124 cm³/mol. The van der Waals surface area contributed by atoms with Crippen LogP contribution in [0.3, 0.4) is 0 Å². The Balaban J connectivity index is 1.72. The van der Waals surface area contributed by atoms with Crippen LogP contribution in [-0.4, -0.2) is 35.9 Å². The van der Waals surface area contributed by atoms with Crippen LogP contribution in [-0.2, 0) is 21.8 Å². The fourth-order valence-corrected chi connectivity index (χ4v) is 4.45. The first-order valence-corrected chi connectivity index (χ1v) is 11.2. The normalized spacial score (nSPS) is 11.8. The number of hydrogen-bond acceptors (Lipinski definition) is 6. The highest BCUT2D eigenvalue weighted by Crippen LogP contribution is 2.29. The van der Waals surface area contributed by atoms with E-state index < -0.39 is 23.5 Å². The molecular formula is C24H25NO6S. The van der Waals surface area contributed by atoms with Gasteiger partial charge in [-0.25, -0.2) is 9.59 Å². The second kappa shape index (κ2) is 10.4. The van der Waals surface area contributed by atoms with Crippen molar-refractivity contribution in [2.45, 2.75) is 32.1 Å². The molecule has 0 aliphatic rings. The molecule has 0 fully saturated rings. The van der Waals surface area contributed by atoms with Crippen LogP contribution in [0.25, 0.3) is 11.0 Å². The van der Waals surface area contributed by atoms with Crippen molar-refractivity contribution >= 4 is 34.6 Å². The quantitative estimate of drug-likeness (QED) is 0.476. The third-order valence-corrected chi connectivity index (χ3v) is 6.35. The zero-order valence-corrected chi connectivity index (χ0v) is 19.0. The average molecular weight is 456 g/mol. The van der Waals surface area contributed by atoms with Gasteiger partial charge in [0.1, 0.15) is 17.4 Å². The zero-order valence-electron chi connectivity index (χ0n) is 18.1. The molecule has 0 saturated heterocycles. The molecule has 0 aliphatic carbocycles. The van der Waals surface area contributed by atoms with E-state index >= 15 is 0 Å². The fourth-order valence-electron chi connectivity index (χ4n) is 3.45. The number of methoxy groups -OCH3 is 1. The maximum atomic E-state index is 12.6. The molecule has 0 aliphatic heterocycles. The molecule has 0 spiro atoms. The molecule has 0 saturated carbocycles. The number of hydrogen-bond donors (Lipinski definition) is 2. The van der Waals surface area contributed by atoms with Gasteiger partial charge in [-0.3, -0.25) is 4.79 Å². The van der Waals surface area contributed by atoms with E-state index in [-0.39, 0.29) is 17.7 Å². The molecule has 1 atom stereocenters. The van der Waals surface area contributed by atoms with Crippen molar-refractivity contribution in [3.63, 3.8) is 0 Å². The van der Waals surface area contributed by atoms with E-state index in [2.05, 4.69) is 5.32 Å². The molecule has 1 amide bonds. The summed E-state index contributed by atoms with van der Waals surface area (Å²) in [5, 5.41) is 12.7. The fraction of sp³-hybridized carbons (Fsp3) is 0.292. The second-order valence-corrected chi connectivity index (χ2v) is 8.43. The Morgan fingerprint density at radius 2 is 1.84 bits per heavy atom. The van der Waals surface area contributed by atoms with Gasteiger partial charge in [-0.1, -0.05) is 30.3 Å². The molecule has 1 aromatic heterocycles. The molecule has 8 heteroatoms. The van der Waals surface area contributed by atoms with Crippen LogP contribution < -0.4 is 15.7 Å². The molecule has 7 nitrogen and oxygen atoms in total. The van der Waals surface area contributed by atoms with E-state index in [1.54, 1.807) is 26.0 Å². The molecule has 2 aromatic carbocycles. The Hall–Kier alpha value is -3.26. The van der Waals surface area contributed by atoms with Gasteiger partial charge in [-0.2, -0.15) is 11.8 Å². The first-order chi connectivity index (χ1) is 15.3. The van der Waals surface area contributed by atoms with Gasteiger partial charge in [0.05, 0.1) is 19.1 Å². The Morgan fingerprint density at radius 1 is 1.12 bits per heavy atom. The lowest BCUT2D eigenvalue weighted by Crippen LogP contribution is -2.43. The standard InChI is InChI=1S/C24H25NO6S/c1-14-17-9-10-20(30-3)15(2)22(17)31-24(29)18(14)11-21(26)25-19(23(27)28)13-32-12-16-7-5-4-6-8-16/h4-10,19H,11-13H2,1-3H3,(H,25,26)(H,27,28)/t19-/m1/s1.